The van der Waals surface area contributed by atoms with Gasteiger partial charge in [-0.15, -0.1) is 11.8 Å². The Morgan fingerprint density at radius 3 is 2.42 bits per heavy atom. The van der Waals surface area contributed by atoms with Gasteiger partial charge in [0.2, 0.25) is 0 Å². The summed E-state index contributed by atoms with van der Waals surface area (Å²) in [5.41, 5.74) is 1.52. The van der Waals surface area contributed by atoms with Crippen molar-refractivity contribution in [1.82, 2.24) is 15.2 Å². The number of thioether (sulfide) groups is 1. The highest BCUT2D eigenvalue weighted by Crippen LogP contribution is 2.43. The molecule has 10 heteroatoms. The van der Waals surface area contributed by atoms with Gasteiger partial charge in [-0.05, 0) is 50.7 Å². The van der Waals surface area contributed by atoms with Gasteiger partial charge >= 0.3 is 6.09 Å². The standard InChI is InChI=1S/C26H29F2N3O4S/c1-25(2,3)35-24(34)29-18-13-36-21-17(22(32)30-19-10-26(19,27)28)12-31(23(33)20(18)21)11-14-4-6-15(7-5-14)16-8-9-16/h4-7,12,16,18-19H,8-11,13H2,1-3H3,(H,29,34)(H,30,32)/t18-,19+/m0/s1. The van der Waals surface area contributed by atoms with Gasteiger partial charge in [-0.25, -0.2) is 13.6 Å². The average Bonchev–Trinajstić information content (AvgIpc) is 3.68. The van der Waals surface area contributed by atoms with Gasteiger partial charge in [0.25, 0.3) is 17.4 Å². The number of hydrogen-bond donors (Lipinski definition) is 2. The molecule has 2 fully saturated rings. The van der Waals surface area contributed by atoms with Gasteiger partial charge in [0, 0.05) is 23.3 Å². The molecule has 2 amide bonds. The number of alkyl carbamates (subject to hydrolysis) is 1. The number of rotatable bonds is 6. The van der Waals surface area contributed by atoms with E-state index in [2.05, 4.69) is 22.8 Å². The first-order valence-corrected chi connectivity index (χ1v) is 13.1. The molecule has 7 nitrogen and oxygen atoms in total. The van der Waals surface area contributed by atoms with E-state index < -0.39 is 42.0 Å². The Kier molecular flexibility index (Phi) is 6.13. The summed E-state index contributed by atoms with van der Waals surface area (Å²) < 4.78 is 33.7. The first-order chi connectivity index (χ1) is 16.9. The third-order valence-corrected chi connectivity index (χ3v) is 7.69. The second kappa shape index (κ2) is 8.90. The molecule has 2 atom stereocenters. The van der Waals surface area contributed by atoms with E-state index >= 15 is 0 Å². The fourth-order valence-electron chi connectivity index (χ4n) is 4.34. The van der Waals surface area contributed by atoms with E-state index in [1.54, 1.807) is 20.8 Å². The normalized spacial score (nSPS) is 22.0. The maximum Gasteiger partial charge on any atom is 0.408 e. The SMILES string of the molecule is CC(C)(C)OC(=O)N[C@H]1CSc2c(C(=O)N[C@@H]3CC3(F)F)cn(Cc3ccc(C4CC4)cc3)c(=O)c21. The molecule has 2 saturated carbocycles. The summed E-state index contributed by atoms with van der Waals surface area (Å²) in [7, 11) is 0. The highest BCUT2D eigenvalue weighted by Gasteiger charge is 2.58. The maximum absolute atomic E-state index is 13.5. The van der Waals surface area contributed by atoms with E-state index in [4.69, 9.17) is 4.74 Å². The van der Waals surface area contributed by atoms with Crippen molar-refractivity contribution in [3.05, 3.63) is 63.1 Å². The molecule has 2 aromatic rings. The third kappa shape index (κ3) is 5.28. The van der Waals surface area contributed by atoms with Crippen LogP contribution in [0.3, 0.4) is 0 Å². The van der Waals surface area contributed by atoms with Gasteiger partial charge in [0.1, 0.15) is 5.60 Å². The van der Waals surface area contributed by atoms with Crippen LogP contribution < -0.4 is 16.2 Å². The minimum atomic E-state index is -2.91. The number of fused-ring (bicyclic) bond motifs is 1. The molecule has 1 aliphatic heterocycles. The number of halogens is 2. The van der Waals surface area contributed by atoms with Crippen LogP contribution in [0.4, 0.5) is 13.6 Å². The summed E-state index contributed by atoms with van der Waals surface area (Å²) in [6.07, 6.45) is 2.74. The number of carbonyl (C=O) groups is 2. The lowest BCUT2D eigenvalue weighted by molar-refractivity contribution is 0.0508. The monoisotopic (exact) mass is 517 g/mol. The number of pyridine rings is 1. The molecule has 2 N–H and O–H groups in total. The molecule has 0 spiro atoms. The van der Waals surface area contributed by atoms with Crippen molar-refractivity contribution >= 4 is 23.8 Å². The van der Waals surface area contributed by atoms with Crippen LogP contribution in [0.15, 0.2) is 40.2 Å². The fraction of sp³-hybridized carbons (Fsp3) is 0.500. The molecule has 1 aromatic carbocycles. The lowest BCUT2D eigenvalue weighted by Crippen LogP contribution is -2.38. The predicted molar refractivity (Wildman–Crippen MR) is 132 cm³/mol. The number of aromatic nitrogens is 1. The van der Waals surface area contributed by atoms with Gasteiger partial charge in [-0.3, -0.25) is 9.59 Å². The second-order valence-electron chi connectivity index (χ2n) is 10.7. The van der Waals surface area contributed by atoms with E-state index in [-0.39, 0.29) is 23.2 Å². The molecule has 0 unspecified atom stereocenters. The van der Waals surface area contributed by atoms with Gasteiger partial charge in [-0.1, -0.05) is 24.3 Å². The van der Waals surface area contributed by atoms with Gasteiger partial charge < -0.3 is 19.9 Å². The maximum atomic E-state index is 13.5. The van der Waals surface area contributed by atoms with Crippen LogP contribution in [-0.2, 0) is 11.3 Å². The minimum absolute atomic E-state index is 0.153. The van der Waals surface area contributed by atoms with Crippen molar-refractivity contribution in [3.63, 3.8) is 0 Å². The molecule has 5 rings (SSSR count). The molecular weight excluding hydrogens is 488 g/mol. The zero-order chi connectivity index (χ0) is 25.8. The van der Waals surface area contributed by atoms with E-state index in [1.165, 1.54) is 40.9 Å². The molecule has 0 bridgehead atoms. The smallest absolute Gasteiger partial charge is 0.408 e. The van der Waals surface area contributed by atoms with Crippen molar-refractivity contribution < 1.29 is 23.1 Å². The molecule has 1 aromatic heterocycles. The molecule has 2 heterocycles. The first-order valence-electron chi connectivity index (χ1n) is 12.1. The van der Waals surface area contributed by atoms with Crippen molar-refractivity contribution in [1.29, 1.82) is 0 Å². The Morgan fingerprint density at radius 1 is 1.17 bits per heavy atom. The summed E-state index contributed by atoms with van der Waals surface area (Å²) in [6.45, 7) is 5.42. The molecular formula is C26H29F2N3O4S. The summed E-state index contributed by atoms with van der Waals surface area (Å²) in [5, 5.41) is 5.12. The average molecular weight is 518 g/mol. The zero-order valence-corrected chi connectivity index (χ0v) is 21.2. The summed E-state index contributed by atoms with van der Waals surface area (Å²) in [6, 6.07) is 6.14. The number of ether oxygens (including phenoxy) is 1. The molecule has 0 saturated heterocycles. The van der Waals surface area contributed by atoms with Crippen LogP contribution >= 0.6 is 11.8 Å². The summed E-state index contributed by atoms with van der Waals surface area (Å²) >= 11 is 1.25. The number of alkyl halides is 2. The number of nitrogens with one attached hydrogen (secondary N) is 2. The van der Waals surface area contributed by atoms with Crippen LogP contribution in [0.1, 0.15) is 79.0 Å². The lowest BCUT2D eigenvalue weighted by Gasteiger charge is -2.22. The summed E-state index contributed by atoms with van der Waals surface area (Å²) in [5.74, 6) is -2.64. The predicted octanol–water partition coefficient (Wildman–Crippen LogP) is 4.58. The number of benzene rings is 1. The molecule has 192 valence electrons. The fourth-order valence-corrected chi connectivity index (χ4v) is 5.61. The van der Waals surface area contributed by atoms with Crippen molar-refractivity contribution in [2.24, 2.45) is 0 Å². The summed E-state index contributed by atoms with van der Waals surface area (Å²) in [4.78, 5) is 39.4. The first kappa shape index (κ1) is 24.8. The quantitative estimate of drug-likeness (QED) is 0.586. The van der Waals surface area contributed by atoms with E-state index in [0.29, 0.717) is 16.6 Å². The molecule has 36 heavy (non-hydrogen) atoms. The second-order valence-corrected chi connectivity index (χ2v) is 11.8. The topological polar surface area (TPSA) is 89.4 Å². The Bertz CT molecular complexity index is 1270. The lowest BCUT2D eigenvalue weighted by atomic mass is 10.1. The van der Waals surface area contributed by atoms with E-state index in [9.17, 15) is 23.2 Å². The Balaban J connectivity index is 1.47. The molecule has 2 aliphatic carbocycles. The number of nitrogens with zero attached hydrogens (tertiary/aromatic N) is 1. The van der Waals surface area contributed by atoms with Crippen molar-refractivity contribution in [2.45, 2.75) is 81.0 Å². The van der Waals surface area contributed by atoms with Crippen LogP contribution in [0.2, 0.25) is 0 Å². The van der Waals surface area contributed by atoms with Crippen LogP contribution in [0.25, 0.3) is 0 Å². The van der Waals surface area contributed by atoms with Gasteiger partial charge in [0.05, 0.1) is 29.8 Å². The largest absolute Gasteiger partial charge is 0.444 e. The Hall–Kier alpha value is -2.88. The van der Waals surface area contributed by atoms with E-state index in [0.717, 1.165) is 5.56 Å². The number of amides is 2. The van der Waals surface area contributed by atoms with Crippen LogP contribution in [0, 0.1) is 0 Å². The minimum Gasteiger partial charge on any atom is -0.444 e. The van der Waals surface area contributed by atoms with Crippen molar-refractivity contribution in [3.8, 4) is 0 Å². The van der Waals surface area contributed by atoms with E-state index in [1.807, 2.05) is 12.1 Å². The Morgan fingerprint density at radius 2 is 1.83 bits per heavy atom. The van der Waals surface area contributed by atoms with Crippen LogP contribution in [0.5, 0.6) is 0 Å². The third-order valence-electron chi connectivity index (χ3n) is 6.46. The molecule has 3 aliphatic rings. The zero-order valence-electron chi connectivity index (χ0n) is 20.4. The van der Waals surface area contributed by atoms with Gasteiger partial charge in [0.15, 0.2) is 0 Å². The van der Waals surface area contributed by atoms with Crippen LogP contribution in [-0.4, -0.2) is 39.9 Å². The molecule has 0 radical (unpaired) electrons. The van der Waals surface area contributed by atoms with Gasteiger partial charge in [-0.2, -0.15) is 0 Å². The highest BCUT2D eigenvalue weighted by atomic mass is 32.2. The number of hydrogen-bond acceptors (Lipinski definition) is 5. The Labute approximate surface area is 212 Å². The highest BCUT2D eigenvalue weighted by molar-refractivity contribution is 7.99. The van der Waals surface area contributed by atoms with Crippen molar-refractivity contribution in [2.75, 3.05) is 5.75 Å². The number of carbonyl (C=O) groups excluding carboxylic acids is 2.